The van der Waals surface area contributed by atoms with Crippen molar-refractivity contribution in [2.75, 3.05) is 20.8 Å². The van der Waals surface area contributed by atoms with Crippen molar-refractivity contribution in [3.8, 4) is 17.6 Å². The van der Waals surface area contributed by atoms with Crippen LogP contribution in [0.5, 0.6) is 11.5 Å². The summed E-state index contributed by atoms with van der Waals surface area (Å²) in [5, 5.41) is 8.78. The van der Waals surface area contributed by atoms with Gasteiger partial charge in [0.25, 0.3) is 0 Å². The van der Waals surface area contributed by atoms with Gasteiger partial charge in [-0.15, -0.1) is 0 Å². The molecule has 0 unspecified atom stereocenters. The quantitative estimate of drug-likeness (QED) is 0.599. The predicted octanol–water partition coefficient (Wildman–Crippen LogP) is 2.06. The highest BCUT2D eigenvalue weighted by molar-refractivity contribution is 5.87. The Morgan fingerprint density at radius 2 is 2.11 bits per heavy atom. The molecule has 100 valence electrons. The van der Waals surface area contributed by atoms with Crippen molar-refractivity contribution < 1.29 is 19.0 Å². The Bertz CT molecular complexity index is 529. The molecule has 0 aliphatic rings. The second-order valence-corrected chi connectivity index (χ2v) is 3.67. The zero-order chi connectivity index (χ0) is 14.3. The summed E-state index contributed by atoms with van der Waals surface area (Å²) in [4.78, 5) is 11.2. The summed E-state index contributed by atoms with van der Waals surface area (Å²) < 4.78 is 15.2. The topological polar surface area (TPSA) is 68.5 Å². The van der Waals surface area contributed by atoms with Crippen molar-refractivity contribution in [2.45, 2.75) is 6.92 Å². The number of rotatable bonds is 5. The number of carbonyl (C=O) groups is 1. The van der Waals surface area contributed by atoms with Crippen LogP contribution in [0.3, 0.4) is 0 Å². The van der Waals surface area contributed by atoms with Crippen molar-refractivity contribution in [3.05, 3.63) is 35.4 Å². The monoisotopic (exact) mass is 261 g/mol. The molecule has 0 heterocycles. The van der Waals surface area contributed by atoms with E-state index in [-0.39, 0.29) is 6.61 Å². The lowest BCUT2D eigenvalue weighted by Gasteiger charge is -2.09. The lowest BCUT2D eigenvalue weighted by molar-refractivity contribution is -0.136. The van der Waals surface area contributed by atoms with Gasteiger partial charge in [-0.25, -0.2) is 4.79 Å². The summed E-state index contributed by atoms with van der Waals surface area (Å²) in [5.74, 6) is 0.592. The highest BCUT2D eigenvalue weighted by Gasteiger charge is 2.06. The second-order valence-electron chi connectivity index (χ2n) is 3.67. The van der Waals surface area contributed by atoms with Crippen molar-refractivity contribution in [2.24, 2.45) is 0 Å². The number of benzene rings is 1. The van der Waals surface area contributed by atoms with Gasteiger partial charge < -0.3 is 14.2 Å². The van der Waals surface area contributed by atoms with E-state index in [1.165, 1.54) is 14.2 Å². The van der Waals surface area contributed by atoms with Gasteiger partial charge in [0.05, 0.1) is 25.9 Å². The number of hydrogen-bond acceptors (Lipinski definition) is 5. The van der Waals surface area contributed by atoms with Crippen LogP contribution < -0.4 is 9.47 Å². The molecule has 0 N–H and O–H groups in total. The molecule has 0 saturated carbocycles. The molecule has 0 bridgehead atoms. The zero-order valence-corrected chi connectivity index (χ0v) is 11.1. The van der Waals surface area contributed by atoms with E-state index >= 15 is 0 Å². The summed E-state index contributed by atoms with van der Waals surface area (Å²) in [5.41, 5.74) is 0.959. The Balaban J connectivity index is 2.73. The number of nitriles is 1. The first-order valence-electron chi connectivity index (χ1n) is 5.58. The lowest BCUT2D eigenvalue weighted by Crippen LogP contribution is -2.04. The van der Waals surface area contributed by atoms with Crippen LogP contribution in [0.15, 0.2) is 29.8 Å². The van der Waals surface area contributed by atoms with Crippen LogP contribution in [0, 0.1) is 11.3 Å². The first-order chi connectivity index (χ1) is 9.12. The van der Waals surface area contributed by atoms with Gasteiger partial charge in [-0.3, -0.25) is 0 Å². The minimum Gasteiger partial charge on any atom is -0.493 e. The molecule has 5 nitrogen and oxygen atoms in total. The van der Waals surface area contributed by atoms with Gasteiger partial charge in [0, 0.05) is 11.6 Å². The van der Waals surface area contributed by atoms with Crippen molar-refractivity contribution >= 4 is 5.97 Å². The van der Waals surface area contributed by atoms with E-state index < -0.39 is 5.97 Å². The Kier molecular flexibility index (Phi) is 5.42. The fourth-order valence-corrected chi connectivity index (χ4v) is 1.36. The molecule has 19 heavy (non-hydrogen) atoms. The Labute approximate surface area is 112 Å². The predicted molar refractivity (Wildman–Crippen MR) is 69.0 cm³/mol. The number of hydrogen-bond donors (Lipinski definition) is 0. The smallest absolute Gasteiger partial charge is 0.333 e. The van der Waals surface area contributed by atoms with Crippen molar-refractivity contribution in [1.82, 2.24) is 0 Å². The van der Waals surface area contributed by atoms with Crippen LogP contribution >= 0.6 is 0 Å². The second kappa shape index (κ2) is 7.07. The van der Waals surface area contributed by atoms with Gasteiger partial charge in [-0.05, 0) is 25.1 Å². The molecule has 0 aliphatic heterocycles. The largest absolute Gasteiger partial charge is 0.493 e. The molecule has 1 aromatic carbocycles. The lowest BCUT2D eigenvalue weighted by atomic mass is 10.2. The third-order valence-electron chi connectivity index (χ3n) is 2.43. The maximum Gasteiger partial charge on any atom is 0.333 e. The van der Waals surface area contributed by atoms with Crippen LogP contribution in [0.1, 0.15) is 12.5 Å². The molecule has 0 fully saturated rings. The van der Waals surface area contributed by atoms with E-state index in [9.17, 15) is 4.79 Å². The number of carbonyl (C=O) groups excluding carboxylic acids is 1. The van der Waals surface area contributed by atoms with E-state index in [4.69, 9.17) is 14.7 Å². The fourth-order valence-electron chi connectivity index (χ4n) is 1.36. The van der Waals surface area contributed by atoms with Gasteiger partial charge in [0.15, 0.2) is 11.5 Å². The minimum absolute atomic E-state index is 0.212. The molecule has 1 rings (SSSR count). The molecule has 0 saturated heterocycles. The highest BCUT2D eigenvalue weighted by atomic mass is 16.5. The van der Waals surface area contributed by atoms with Gasteiger partial charge in [0.1, 0.15) is 6.61 Å². The van der Waals surface area contributed by atoms with Crippen LogP contribution in [-0.2, 0) is 9.53 Å². The Hall–Kier alpha value is -2.48. The first kappa shape index (κ1) is 14.6. The van der Waals surface area contributed by atoms with Gasteiger partial charge >= 0.3 is 5.97 Å². The summed E-state index contributed by atoms with van der Waals surface area (Å²) in [6.45, 7) is 1.86. The molecule has 0 aliphatic carbocycles. The molecule has 0 aromatic heterocycles. The maximum atomic E-state index is 11.2. The van der Waals surface area contributed by atoms with Crippen molar-refractivity contribution in [1.29, 1.82) is 5.26 Å². The van der Waals surface area contributed by atoms with E-state index in [1.807, 2.05) is 6.07 Å². The van der Waals surface area contributed by atoms with Crippen LogP contribution in [0.2, 0.25) is 0 Å². The number of esters is 1. The third kappa shape index (κ3) is 4.03. The molecule has 0 atom stereocenters. The van der Waals surface area contributed by atoms with E-state index in [0.717, 1.165) is 0 Å². The van der Waals surface area contributed by atoms with Crippen molar-refractivity contribution in [3.63, 3.8) is 0 Å². The summed E-state index contributed by atoms with van der Waals surface area (Å²) in [6, 6.07) is 6.89. The van der Waals surface area contributed by atoms with E-state index in [2.05, 4.69) is 4.74 Å². The SMILES string of the molecule is COC(=O)C(C)=CCOc1ccc(C#N)cc1OC. The summed E-state index contributed by atoms with van der Waals surface area (Å²) in [7, 11) is 2.82. The molecule has 0 amide bonds. The number of nitrogens with zero attached hydrogens (tertiary/aromatic N) is 1. The number of ether oxygens (including phenoxy) is 3. The Morgan fingerprint density at radius 1 is 1.37 bits per heavy atom. The van der Waals surface area contributed by atoms with Gasteiger partial charge in [-0.1, -0.05) is 0 Å². The molecule has 0 spiro atoms. The standard InChI is InChI=1S/C14H15NO4/c1-10(14(16)18-3)6-7-19-12-5-4-11(9-15)8-13(12)17-2/h4-6,8H,7H2,1-3H3. The van der Waals surface area contributed by atoms with Crippen LogP contribution in [-0.4, -0.2) is 26.8 Å². The van der Waals surface area contributed by atoms with E-state index in [1.54, 1.807) is 31.2 Å². The van der Waals surface area contributed by atoms with Crippen LogP contribution in [0.25, 0.3) is 0 Å². The number of methoxy groups -OCH3 is 2. The zero-order valence-electron chi connectivity index (χ0n) is 11.1. The molecule has 1 aromatic rings. The molecule has 0 radical (unpaired) electrons. The molecular formula is C14H15NO4. The Morgan fingerprint density at radius 3 is 2.68 bits per heavy atom. The summed E-state index contributed by atoms with van der Waals surface area (Å²) >= 11 is 0. The minimum atomic E-state index is -0.393. The van der Waals surface area contributed by atoms with E-state index in [0.29, 0.717) is 22.6 Å². The van der Waals surface area contributed by atoms with Gasteiger partial charge in [-0.2, -0.15) is 5.26 Å². The maximum absolute atomic E-state index is 11.2. The average Bonchev–Trinajstić information content (AvgIpc) is 2.46. The van der Waals surface area contributed by atoms with Crippen LogP contribution in [0.4, 0.5) is 0 Å². The van der Waals surface area contributed by atoms with Gasteiger partial charge in [0.2, 0.25) is 0 Å². The average molecular weight is 261 g/mol. The summed E-state index contributed by atoms with van der Waals surface area (Å²) in [6.07, 6.45) is 1.61. The normalized spacial score (nSPS) is 10.5. The third-order valence-corrected chi connectivity index (χ3v) is 2.43. The fraction of sp³-hybridized carbons (Fsp3) is 0.286. The highest BCUT2D eigenvalue weighted by Crippen LogP contribution is 2.27. The first-order valence-corrected chi connectivity index (χ1v) is 5.58. The molecular weight excluding hydrogens is 246 g/mol. The molecule has 5 heteroatoms.